The van der Waals surface area contributed by atoms with Crippen LogP contribution in [0.4, 0.5) is 0 Å². The van der Waals surface area contributed by atoms with Crippen LogP contribution in [-0.4, -0.2) is 12.1 Å². The molecule has 0 spiro atoms. The largest absolute Gasteiger partial charge is 0.497 e. The number of hydrogen-bond acceptors (Lipinski definition) is 4. The van der Waals surface area contributed by atoms with E-state index in [9.17, 15) is 0 Å². The molecule has 0 radical (unpaired) electrons. The fraction of sp³-hybridized carbons (Fsp3) is 0.462. The minimum Gasteiger partial charge on any atom is -0.497 e. The maximum Gasteiger partial charge on any atom is 0.215 e. The summed E-state index contributed by atoms with van der Waals surface area (Å²) in [6, 6.07) is 5.56. The highest BCUT2D eigenvalue weighted by Crippen LogP contribution is 2.28. The molecule has 2 aromatic rings. The molecule has 1 atom stereocenters. The molecule has 1 aromatic heterocycles. The number of oxazole rings is 1. The Morgan fingerprint density at radius 3 is 2.88 bits per heavy atom. The molecule has 92 valence electrons. The molecule has 0 saturated carbocycles. The van der Waals surface area contributed by atoms with Crippen molar-refractivity contribution in [2.75, 3.05) is 7.11 Å². The van der Waals surface area contributed by atoms with Gasteiger partial charge in [-0.3, -0.25) is 0 Å². The number of hydrogen-bond donors (Lipinski definition) is 1. The minimum atomic E-state index is -0.513. The number of fused-ring (bicyclic) bond motifs is 1. The third-order valence-corrected chi connectivity index (χ3v) is 2.85. The molecular formula is C13H18N2O2. The highest BCUT2D eigenvalue weighted by atomic mass is 16.5. The molecule has 2 rings (SSSR count). The van der Waals surface area contributed by atoms with Crippen LogP contribution in [0.15, 0.2) is 22.6 Å². The maximum atomic E-state index is 6.20. The van der Waals surface area contributed by atoms with Crippen molar-refractivity contribution >= 4 is 11.1 Å². The first-order chi connectivity index (χ1) is 8.06. The highest BCUT2D eigenvalue weighted by Gasteiger charge is 2.26. The van der Waals surface area contributed by atoms with Crippen molar-refractivity contribution in [3.8, 4) is 5.75 Å². The Hall–Kier alpha value is -1.55. The standard InChI is InChI=1S/C13H18N2O2/c1-4-7-13(2,14)12-15-10-8-9(16-3)5-6-11(10)17-12/h5-6,8H,4,7,14H2,1-3H3. The fourth-order valence-electron chi connectivity index (χ4n) is 1.90. The first-order valence-electron chi connectivity index (χ1n) is 5.81. The second kappa shape index (κ2) is 4.37. The molecular weight excluding hydrogens is 216 g/mol. The summed E-state index contributed by atoms with van der Waals surface area (Å²) < 4.78 is 10.8. The van der Waals surface area contributed by atoms with Gasteiger partial charge in [0.1, 0.15) is 11.3 Å². The monoisotopic (exact) mass is 234 g/mol. The molecule has 0 aliphatic heterocycles. The topological polar surface area (TPSA) is 61.3 Å². The molecule has 1 heterocycles. The summed E-state index contributed by atoms with van der Waals surface area (Å²) in [6.45, 7) is 4.04. The van der Waals surface area contributed by atoms with Gasteiger partial charge in [-0.15, -0.1) is 0 Å². The summed E-state index contributed by atoms with van der Waals surface area (Å²) >= 11 is 0. The molecule has 4 heteroatoms. The van der Waals surface area contributed by atoms with Crippen LogP contribution in [0.1, 0.15) is 32.6 Å². The number of nitrogens with zero attached hydrogens (tertiary/aromatic N) is 1. The van der Waals surface area contributed by atoms with Gasteiger partial charge in [-0.1, -0.05) is 13.3 Å². The van der Waals surface area contributed by atoms with Gasteiger partial charge in [-0.05, 0) is 25.5 Å². The molecule has 1 unspecified atom stereocenters. The zero-order valence-electron chi connectivity index (χ0n) is 10.5. The first-order valence-corrected chi connectivity index (χ1v) is 5.81. The van der Waals surface area contributed by atoms with Gasteiger partial charge < -0.3 is 14.9 Å². The summed E-state index contributed by atoms with van der Waals surface area (Å²) in [5.74, 6) is 1.36. The Morgan fingerprint density at radius 1 is 1.47 bits per heavy atom. The van der Waals surface area contributed by atoms with Gasteiger partial charge in [-0.2, -0.15) is 0 Å². The molecule has 0 bridgehead atoms. The third kappa shape index (κ3) is 2.26. The molecule has 0 aliphatic rings. The summed E-state index contributed by atoms with van der Waals surface area (Å²) in [4.78, 5) is 4.44. The zero-order valence-corrected chi connectivity index (χ0v) is 10.5. The molecule has 4 nitrogen and oxygen atoms in total. The van der Waals surface area contributed by atoms with E-state index in [-0.39, 0.29) is 0 Å². The van der Waals surface area contributed by atoms with Gasteiger partial charge in [0.2, 0.25) is 5.89 Å². The number of ether oxygens (including phenoxy) is 1. The van der Waals surface area contributed by atoms with Crippen LogP contribution in [0.5, 0.6) is 5.75 Å². The van der Waals surface area contributed by atoms with Crippen molar-refractivity contribution in [2.24, 2.45) is 5.73 Å². The van der Waals surface area contributed by atoms with E-state index in [1.807, 2.05) is 25.1 Å². The smallest absolute Gasteiger partial charge is 0.215 e. The molecule has 0 fully saturated rings. The van der Waals surface area contributed by atoms with E-state index in [1.54, 1.807) is 7.11 Å². The SMILES string of the molecule is CCCC(C)(N)c1nc2cc(OC)ccc2o1. The number of aromatic nitrogens is 1. The van der Waals surface area contributed by atoms with E-state index in [0.29, 0.717) is 5.89 Å². The summed E-state index contributed by atoms with van der Waals surface area (Å²) in [5.41, 5.74) is 7.21. The number of nitrogens with two attached hydrogens (primary N) is 1. The van der Waals surface area contributed by atoms with Crippen molar-refractivity contribution < 1.29 is 9.15 Å². The van der Waals surface area contributed by atoms with Crippen molar-refractivity contribution in [1.29, 1.82) is 0 Å². The van der Waals surface area contributed by atoms with Gasteiger partial charge in [0.15, 0.2) is 5.58 Å². The average molecular weight is 234 g/mol. The second-order valence-corrected chi connectivity index (χ2v) is 4.52. The van der Waals surface area contributed by atoms with Crippen molar-refractivity contribution in [2.45, 2.75) is 32.2 Å². The Bertz CT molecular complexity index is 517. The molecule has 0 saturated heterocycles. The normalized spacial score (nSPS) is 14.8. The quantitative estimate of drug-likeness (QED) is 0.883. The van der Waals surface area contributed by atoms with Crippen LogP contribution >= 0.6 is 0 Å². The van der Waals surface area contributed by atoms with Crippen LogP contribution < -0.4 is 10.5 Å². The van der Waals surface area contributed by atoms with E-state index in [1.165, 1.54) is 0 Å². The predicted octanol–water partition coefficient (Wildman–Crippen LogP) is 2.81. The van der Waals surface area contributed by atoms with Crippen LogP contribution in [0.2, 0.25) is 0 Å². The van der Waals surface area contributed by atoms with Gasteiger partial charge in [0, 0.05) is 6.07 Å². The molecule has 17 heavy (non-hydrogen) atoms. The van der Waals surface area contributed by atoms with Crippen LogP contribution in [0.25, 0.3) is 11.1 Å². The molecule has 1 aromatic carbocycles. The zero-order chi connectivity index (χ0) is 12.5. The number of benzene rings is 1. The second-order valence-electron chi connectivity index (χ2n) is 4.52. The van der Waals surface area contributed by atoms with Crippen molar-refractivity contribution in [1.82, 2.24) is 4.98 Å². The van der Waals surface area contributed by atoms with Crippen LogP contribution in [0, 0.1) is 0 Å². The van der Waals surface area contributed by atoms with Gasteiger partial charge in [0.05, 0.1) is 12.6 Å². The van der Waals surface area contributed by atoms with Crippen molar-refractivity contribution in [3.05, 3.63) is 24.1 Å². The van der Waals surface area contributed by atoms with Gasteiger partial charge >= 0.3 is 0 Å². The molecule has 0 amide bonds. The maximum absolute atomic E-state index is 6.20. The lowest BCUT2D eigenvalue weighted by Gasteiger charge is -2.19. The summed E-state index contributed by atoms with van der Waals surface area (Å²) in [7, 11) is 1.63. The summed E-state index contributed by atoms with van der Waals surface area (Å²) in [6.07, 6.45) is 1.84. The molecule has 2 N–H and O–H groups in total. The Kier molecular flexibility index (Phi) is 3.07. The Morgan fingerprint density at radius 2 is 2.24 bits per heavy atom. The average Bonchev–Trinajstić information content (AvgIpc) is 2.72. The van der Waals surface area contributed by atoms with E-state index in [0.717, 1.165) is 29.7 Å². The van der Waals surface area contributed by atoms with Crippen LogP contribution in [0.3, 0.4) is 0 Å². The van der Waals surface area contributed by atoms with E-state index in [4.69, 9.17) is 14.9 Å². The Labute approximate surface area is 101 Å². The van der Waals surface area contributed by atoms with Gasteiger partial charge in [-0.25, -0.2) is 4.98 Å². The number of methoxy groups -OCH3 is 1. The molecule has 0 aliphatic carbocycles. The van der Waals surface area contributed by atoms with Gasteiger partial charge in [0.25, 0.3) is 0 Å². The van der Waals surface area contributed by atoms with E-state index < -0.39 is 5.54 Å². The van der Waals surface area contributed by atoms with E-state index in [2.05, 4.69) is 11.9 Å². The van der Waals surface area contributed by atoms with E-state index >= 15 is 0 Å². The fourth-order valence-corrected chi connectivity index (χ4v) is 1.90. The minimum absolute atomic E-state index is 0.513. The lowest BCUT2D eigenvalue weighted by Crippen LogP contribution is -2.33. The van der Waals surface area contributed by atoms with Crippen molar-refractivity contribution in [3.63, 3.8) is 0 Å². The van der Waals surface area contributed by atoms with Crippen LogP contribution in [-0.2, 0) is 5.54 Å². The summed E-state index contributed by atoms with van der Waals surface area (Å²) in [5, 5.41) is 0. The Balaban J connectivity index is 2.44. The predicted molar refractivity (Wildman–Crippen MR) is 67.0 cm³/mol. The lowest BCUT2D eigenvalue weighted by molar-refractivity contribution is 0.342. The first kappa shape index (κ1) is 11.9. The third-order valence-electron chi connectivity index (χ3n) is 2.85. The lowest BCUT2D eigenvalue weighted by atomic mass is 9.98. The highest BCUT2D eigenvalue weighted by molar-refractivity contribution is 5.74. The number of rotatable bonds is 4.